The minimum absolute atomic E-state index is 0.326. The molecule has 0 aliphatic rings. The van der Waals surface area contributed by atoms with Crippen LogP contribution in [-0.4, -0.2) is 30.1 Å². The third-order valence-electron chi connectivity index (χ3n) is 4.06. The van der Waals surface area contributed by atoms with E-state index in [-0.39, 0.29) is 0 Å². The molecule has 0 saturated carbocycles. The van der Waals surface area contributed by atoms with Gasteiger partial charge in [-0.3, -0.25) is 4.79 Å². The largest absolute Gasteiger partial charge is 0.378 e. The Morgan fingerprint density at radius 3 is 2.52 bits per heavy atom. The molecule has 0 saturated heterocycles. The highest BCUT2D eigenvalue weighted by Crippen LogP contribution is 2.22. The van der Waals surface area contributed by atoms with Crippen molar-refractivity contribution in [3.63, 3.8) is 0 Å². The number of hydrogen-bond donors (Lipinski definition) is 2. The fourth-order valence-corrected chi connectivity index (χ4v) is 2.67. The van der Waals surface area contributed by atoms with E-state index in [9.17, 15) is 9.90 Å². The number of anilines is 1. The number of rotatable bonds is 5. The van der Waals surface area contributed by atoms with Gasteiger partial charge < -0.3 is 15.3 Å². The molecule has 5 nitrogen and oxygen atoms in total. The number of carbonyl (C=O) groups excluding carboxylic acids is 1. The van der Waals surface area contributed by atoms with E-state index in [0.29, 0.717) is 12.1 Å². The van der Waals surface area contributed by atoms with Crippen LogP contribution in [-0.2, 0) is 11.3 Å². The SMILES string of the molecule is CN(C)c1cc(CNC(=O)C(O)c2ccccc2)c2ccccc2n1. The first kappa shape index (κ1) is 16.9. The Hall–Kier alpha value is -2.92. The fraction of sp³-hybridized carbons (Fsp3) is 0.200. The maximum atomic E-state index is 12.3. The molecule has 5 heteroatoms. The Morgan fingerprint density at radius 1 is 1.12 bits per heavy atom. The number of nitrogens with zero attached hydrogens (tertiary/aromatic N) is 2. The molecule has 0 aliphatic carbocycles. The van der Waals surface area contributed by atoms with Gasteiger partial charge in [-0.25, -0.2) is 4.98 Å². The van der Waals surface area contributed by atoms with Gasteiger partial charge in [-0.2, -0.15) is 0 Å². The second-order valence-corrected chi connectivity index (χ2v) is 6.08. The lowest BCUT2D eigenvalue weighted by molar-refractivity contribution is -0.129. The molecule has 0 aliphatic heterocycles. The number of aliphatic hydroxyl groups excluding tert-OH is 1. The van der Waals surface area contributed by atoms with Gasteiger partial charge in [-0.15, -0.1) is 0 Å². The molecule has 1 atom stereocenters. The maximum Gasteiger partial charge on any atom is 0.253 e. The Kier molecular flexibility index (Phi) is 4.95. The zero-order valence-electron chi connectivity index (χ0n) is 14.3. The van der Waals surface area contributed by atoms with Gasteiger partial charge in [-0.05, 0) is 23.3 Å². The van der Waals surface area contributed by atoms with Crippen LogP contribution in [0.3, 0.4) is 0 Å². The summed E-state index contributed by atoms with van der Waals surface area (Å²) in [6.45, 7) is 0.326. The number of nitrogens with one attached hydrogen (secondary N) is 1. The van der Waals surface area contributed by atoms with Crippen molar-refractivity contribution in [2.45, 2.75) is 12.6 Å². The van der Waals surface area contributed by atoms with Gasteiger partial charge in [-0.1, -0.05) is 48.5 Å². The topological polar surface area (TPSA) is 65.5 Å². The first-order chi connectivity index (χ1) is 12.1. The number of fused-ring (bicyclic) bond motifs is 1. The minimum Gasteiger partial charge on any atom is -0.378 e. The van der Waals surface area contributed by atoms with Gasteiger partial charge in [0.25, 0.3) is 5.91 Å². The van der Waals surface area contributed by atoms with Gasteiger partial charge in [0.05, 0.1) is 5.52 Å². The van der Waals surface area contributed by atoms with Gasteiger partial charge in [0.15, 0.2) is 6.10 Å². The molecule has 2 aromatic carbocycles. The molecule has 0 radical (unpaired) electrons. The maximum absolute atomic E-state index is 12.3. The van der Waals surface area contributed by atoms with Crippen molar-refractivity contribution in [2.24, 2.45) is 0 Å². The van der Waals surface area contributed by atoms with Crippen LogP contribution < -0.4 is 10.2 Å². The average molecular weight is 335 g/mol. The van der Waals surface area contributed by atoms with E-state index in [0.717, 1.165) is 22.3 Å². The van der Waals surface area contributed by atoms with E-state index in [1.54, 1.807) is 24.3 Å². The quantitative estimate of drug-likeness (QED) is 0.752. The van der Waals surface area contributed by atoms with Crippen LogP contribution in [0.15, 0.2) is 60.7 Å². The molecule has 1 amide bonds. The van der Waals surface area contributed by atoms with Crippen LogP contribution in [0, 0.1) is 0 Å². The van der Waals surface area contributed by atoms with E-state index < -0.39 is 12.0 Å². The number of pyridine rings is 1. The van der Waals surface area contributed by atoms with Crippen LogP contribution in [0.5, 0.6) is 0 Å². The van der Waals surface area contributed by atoms with Crippen LogP contribution >= 0.6 is 0 Å². The van der Waals surface area contributed by atoms with Gasteiger partial charge in [0.2, 0.25) is 0 Å². The third-order valence-corrected chi connectivity index (χ3v) is 4.06. The molecule has 0 fully saturated rings. The predicted octanol–water partition coefficient (Wildman–Crippen LogP) is 2.65. The van der Waals surface area contributed by atoms with Crippen LogP contribution in [0.1, 0.15) is 17.2 Å². The second-order valence-electron chi connectivity index (χ2n) is 6.08. The average Bonchev–Trinajstić information content (AvgIpc) is 2.65. The molecule has 0 spiro atoms. The number of carbonyl (C=O) groups is 1. The third kappa shape index (κ3) is 3.78. The molecule has 1 heterocycles. The highest BCUT2D eigenvalue weighted by Gasteiger charge is 2.17. The monoisotopic (exact) mass is 335 g/mol. The lowest BCUT2D eigenvalue weighted by Crippen LogP contribution is -2.29. The summed E-state index contributed by atoms with van der Waals surface area (Å²) < 4.78 is 0. The van der Waals surface area contributed by atoms with Crippen molar-refractivity contribution in [1.82, 2.24) is 10.3 Å². The summed E-state index contributed by atoms with van der Waals surface area (Å²) in [6.07, 6.45) is -1.18. The van der Waals surface area contributed by atoms with Crippen molar-refractivity contribution >= 4 is 22.6 Å². The number of para-hydroxylation sites is 1. The summed E-state index contributed by atoms with van der Waals surface area (Å²) in [5.74, 6) is 0.407. The summed E-state index contributed by atoms with van der Waals surface area (Å²) in [5.41, 5.74) is 2.41. The van der Waals surface area contributed by atoms with Crippen LogP contribution in [0.4, 0.5) is 5.82 Å². The molecule has 1 aromatic heterocycles. The van der Waals surface area contributed by atoms with Gasteiger partial charge in [0.1, 0.15) is 5.82 Å². The van der Waals surface area contributed by atoms with Crippen molar-refractivity contribution in [1.29, 1.82) is 0 Å². The highest BCUT2D eigenvalue weighted by molar-refractivity contribution is 5.86. The Balaban J connectivity index is 1.82. The summed E-state index contributed by atoms with van der Waals surface area (Å²) >= 11 is 0. The molecule has 128 valence electrons. The summed E-state index contributed by atoms with van der Waals surface area (Å²) in [4.78, 5) is 18.8. The van der Waals surface area contributed by atoms with Crippen LogP contribution in [0.25, 0.3) is 10.9 Å². The minimum atomic E-state index is -1.18. The van der Waals surface area contributed by atoms with Gasteiger partial charge in [0, 0.05) is 26.0 Å². The van der Waals surface area contributed by atoms with Crippen LogP contribution in [0.2, 0.25) is 0 Å². The van der Waals surface area contributed by atoms with E-state index in [1.807, 2.05) is 55.4 Å². The lowest BCUT2D eigenvalue weighted by Gasteiger charge is -2.16. The Morgan fingerprint density at radius 2 is 1.80 bits per heavy atom. The smallest absolute Gasteiger partial charge is 0.253 e. The number of benzene rings is 2. The first-order valence-corrected chi connectivity index (χ1v) is 8.13. The van der Waals surface area contributed by atoms with Crippen molar-refractivity contribution in [3.05, 3.63) is 71.8 Å². The number of hydrogen-bond acceptors (Lipinski definition) is 4. The lowest BCUT2D eigenvalue weighted by atomic mass is 10.1. The highest BCUT2D eigenvalue weighted by atomic mass is 16.3. The summed E-state index contributed by atoms with van der Waals surface area (Å²) in [6, 6.07) is 18.7. The Bertz CT molecular complexity index is 879. The van der Waals surface area contributed by atoms with E-state index >= 15 is 0 Å². The first-order valence-electron chi connectivity index (χ1n) is 8.13. The van der Waals surface area contributed by atoms with Crippen molar-refractivity contribution in [3.8, 4) is 0 Å². The molecule has 25 heavy (non-hydrogen) atoms. The number of amides is 1. The number of aliphatic hydroxyl groups is 1. The molecular formula is C20H21N3O2. The second kappa shape index (κ2) is 7.32. The molecule has 3 rings (SSSR count). The summed E-state index contributed by atoms with van der Waals surface area (Å²) in [7, 11) is 3.86. The molecule has 0 bridgehead atoms. The molecular weight excluding hydrogens is 314 g/mol. The number of aromatic nitrogens is 1. The fourth-order valence-electron chi connectivity index (χ4n) is 2.67. The zero-order chi connectivity index (χ0) is 17.8. The molecule has 3 aromatic rings. The van der Waals surface area contributed by atoms with E-state index in [2.05, 4.69) is 10.3 Å². The predicted molar refractivity (Wildman–Crippen MR) is 99.3 cm³/mol. The Labute approximate surface area is 146 Å². The van der Waals surface area contributed by atoms with E-state index in [1.165, 1.54) is 0 Å². The normalized spacial score (nSPS) is 12.0. The molecule has 2 N–H and O–H groups in total. The van der Waals surface area contributed by atoms with Crippen molar-refractivity contribution < 1.29 is 9.90 Å². The van der Waals surface area contributed by atoms with Crippen molar-refractivity contribution in [2.75, 3.05) is 19.0 Å². The summed E-state index contributed by atoms with van der Waals surface area (Å²) in [5, 5.41) is 14.0. The zero-order valence-corrected chi connectivity index (χ0v) is 14.3. The van der Waals surface area contributed by atoms with E-state index in [4.69, 9.17) is 0 Å². The standard InChI is InChI=1S/C20H21N3O2/c1-23(2)18-12-15(16-10-6-7-11-17(16)22-18)13-21-20(25)19(24)14-8-4-3-5-9-14/h3-12,19,24H,13H2,1-2H3,(H,21,25). The van der Waals surface area contributed by atoms with Gasteiger partial charge >= 0.3 is 0 Å². The molecule has 1 unspecified atom stereocenters.